The van der Waals surface area contributed by atoms with Crippen LogP contribution in [0.5, 0.6) is 0 Å². The summed E-state index contributed by atoms with van der Waals surface area (Å²) in [5, 5.41) is 3.21. The maximum atomic E-state index is 13.9. The standard InChI is InChI=1S/C18H21F2N/c1-18(2,13-8-5-4-6-9-13)17(21-3)12-14-15(19)10-7-11-16(14)20/h4-11,17,21H,12H2,1-3H3. The van der Waals surface area contributed by atoms with E-state index in [1.807, 2.05) is 37.4 Å². The Morgan fingerprint density at radius 2 is 1.52 bits per heavy atom. The molecule has 2 rings (SSSR count). The molecule has 1 N–H and O–H groups in total. The Morgan fingerprint density at radius 3 is 2.05 bits per heavy atom. The van der Waals surface area contributed by atoms with Crippen LogP contribution in [0.15, 0.2) is 48.5 Å². The second-order valence-electron chi connectivity index (χ2n) is 5.83. The van der Waals surface area contributed by atoms with E-state index in [4.69, 9.17) is 0 Å². The molecule has 1 unspecified atom stereocenters. The van der Waals surface area contributed by atoms with Crippen molar-refractivity contribution in [1.29, 1.82) is 0 Å². The molecule has 0 aliphatic heterocycles. The lowest BCUT2D eigenvalue weighted by molar-refractivity contribution is 0.349. The lowest BCUT2D eigenvalue weighted by Crippen LogP contribution is -2.45. The Morgan fingerprint density at radius 1 is 0.952 bits per heavy atom. The third kappa shape index (κ3) is 3.30. The third-order valence-electron chi connectivity index (χ3n) is 4.21. The number of nitrogens with one attached hydrogen (secondary N) is 1. The van der Waals surface area contributed by atoms with Crippen molar-refractivity contribution in [1.82, 2.24) is 5.32 Å². The topological polar surface area (TPSA) is 12.0 Å². The Hall–Kier alpha value is -1.74. The predicted molar refractivity (Wildman–Crippen MR) is 82.4 cm³/mol. The first-order chi connectivity index (χ1) is 9.96. The molecule has 21 heavy (non-hydrogen) atoms. The summed E-state index contributed by atoms with van der Waals surface area (Å²) in [5.74, 6) is -0.974. The van der Waals surface area contributed by atoms with E-state index in [2.05, 4.69) is 19.2 Å². The molecular weight excluding hydrogens is 268 g/mol. The van der Waals surface area contributed by atoms with Crippen molar-refractivity contribution in [2.75, 3.05) is 7.05 Å². The first-order valence-corrected chi connectivity index (χ1v) is 7.12. The van der Waals surface area contributed by atoms with Gasteiger partial charge in [0.15, 0.2) is 0 Å². The van der Waals surface area contributed by atoms with Gasteiger partial charge >= 0.3 is 0 Å². The molecule has 112 valence electrons. The lowest BCUT2D eigenvalue weighted by atomic mass is 9.75. The van der Waals surface area contributed by atoms with Gasteiger partial charge in [-0.05, 0) is 31.2 Å². The van der Waals surface area contributed by atoms with Gasteiger partial charge in [0, 0.05) is 17.0 Å². The molecule has 2 aromatic carbocycles. The SMILES string of the molecule is CNC(Cc1c(F)cccc1F)C(C)(C)c1ccccc1. The third-order valence-corrected chi connectivity index (χ3v) is 4.21. The van der Waals surface area contributed by atoms with Crippen molar-refractivity contribution < 1.29 is 8.78 Å². The largest absolute Gasteiger partial charge is 0.316 e. The molecule has 1 atom stereocenters. The average molecular weight is 289 g/mol. The van der Waals surface area contributed by atoms with E-state index in [0.717, 1.165) is 5.56 Å². The lowest BCUT2D eigenvalue weighted by Gasteiger charge is -2.35. The fourth-order valence-corrected chi connectivity index (χ4v) is 2.72. The van der Waals surface area contributed by atoms with Crippen LogP contribution in [0.2, 0.25) is 0 Å². The summed E-state index contributed by atoms with van der Waals surface area (Å²) in [6.45, 7) is 4.17. The number of rotatable bonds is 5. The minimum atomic E-state index is -0.487. The number of hydrogen-bond acceptors (Lipinski definition) is 1. The quantitative estimate of drug-likeness (QED) is 0.875. The summed E-state index contributed by atoms with van der Waals surface area (Å²) in [6, 6.07) is 13.9. The maximum absolute atomic E-state index is 13.9. The molecule has 0 radical (unpaired) electrons. The van der Waals surface area contributed by atoms with E-state index >= 15 is 0 Å². The fraction of sp³-hybridized carbons (Fsp3) is 0.333. The summed E-state index contributed by atoms with van der Waals surface area (Å²) in [5.41, 5.74) is 1.03. The zero-order valence-corrected chi connectivity index (χ0v) is 12.7. The number of halogens is 2. The molecule has 0 fully saturated rings. The van der Waals surface area contributed by atoms with Gasteiger partial charge in [0.2, 0.25) is 0 Å². The van der Waals surface area contributed by atoms with E-state index in [9.17, 15) is 8.78 Å². The van der Waals surface area contributed by atoms with Gasteiger partial charge in [-0.1, -0.05) is 50.2 Å². The Kier molecular flexibility index (Phi) is 4.73. The van der Waals surface area contributed by atoms with Gasteiger partial charge < -0.3 is 5.32 Å². The van der Waals surface area contributed by atoms with E-state index in [-0.39, 0.29) is 17.0 Å². The van der Waals surface area contributed by atoms with E-state index in [1.54, 1.807) is 0 Å². The summed E-state index contributed by atoms with van der Waals surface area (Å²) in [4.78, 5) is 0. The maximum Gasteiger partial charge on any atom is 0.129 e. The highest BCUT2D eigenvalue weighted by Gasteiger charge is 2.31. The Bertz CT molecular complexity index is 573. The molecule has 0 bridgehead atoms. The normalized spacial score (nSPS) is 13.2. The van der Waals surface area contributed by atoms with Gasteiger partial charge in [0.1, 0.15) is 11.6 Å². The zero-order chi connectivity index (χ0) is 15.5. The predicted octanol–water partition coefficient (Wildman–Crippen LogP) is 4.07. The number of likely N-dealkylation sites (N-methyl/N-ethyl adjacent to an activating group) is 1. The molecule has 0 aliphatic carbocycles. The van der Waals surface area contributed by atoms with Crippen LogP contribution >= 0.6 is 0 Å². The monoisotopic (exact) mass is 289 g/mol. The van der Waals surface area contributed by atoms with E-state index < -0.39 is 11.6 Å². The van der Waals surface area contributed by atoms with E-state index in [0.29, 0.717) is 6.42 Å². The second kappa shape index (κ2) is 6.35. The van der Waals surface area contributed by atoms with Crippen LogP contribution in [0.1, 0.15) is 25.0 Å². The molecule has 0 amide bonds. The molecule has 0 aromatic heterocycles. The van der Waals surface area contributed by atoms with Crippen molar-refractivity contribution in [3.8, 4) is 0 Å². The summed E-state index contributed by atoms with van der Waals surface area (Å²) in [7, 11) is 1.83. The highest BCUT2D eigenvalue weighted by Crippen LogP contribution is 2.30. The van der Waals surface area contributed by atoms with Crippen molar-refractivity contribution >= 4 is 0 Å². The smallest absolute Gasteiger partial charge is 0.129 e. The average Bonchev–Trinajstić information content (AvgIpc) is 2.47. The van der Waals surface area contributed by atoms with Gasteiger partial charge in [0.25, 0.3) is 0 Å². The number of benzene rings is 2. The summed E-state index contributed by atoms with van der Waals surface area (Å²) in [6.07, 6.45) is 0.302. The highest BCUT2D eigenvalue weighted by atomic mass is 19.1. The van der Waals surface area contributed by atoms with E-state index in [1.165, 1.54) is 18.2 Å². The molecule has 0 spiro atoms. The molecule has 0 heterocycles. The first kappa shape index (κ1) is 15.6. The van der Waals surface area contributed by atoms with Crippen molar-refractivity contribution in [3.05, 3.63) is 71.3 Å². The highest BCUT2D eigenvalue weighted by molar-refractivity contribution is 5.28. The molecular formula is C18H21F2N. The van der Waals surface area contributed by atoms with Crippen molar-refractivity contribution in [2.24, 2.45) is 0 Å². The van der Waals surface area contributed by atoms with Gasteiger partial charge in [-0.2, -0.15) is 0 Å². The first-order valence-electron chi connectivity index (χ1n) is 7.12. The summed E-state index contributed by atoms with van der Waals surface area (Å²) >= 11 is 0. The Balaban J connectivity index is 2.32. The Labute approximate surface area is 125 Å². The van der Waals surface area contributed by atoms with Crippen molar-refractivity contribution in [3.63, 3.8) is 0 Å². The van der Waals surface area contributed by atoms with Crippen molar-refractivity contribution in [2.45, 2.75) is 31.7 Å². The van der Waals surface area contributed by atoms with Crippen LogP contribution in [-0.2, 0) is 11.8 Å². The zero-order valence-electron chi connectivity index (χ0n) is 12.7. The summed E-state index contributed by atoms with van der Waals surface area (Å²) < 4.78 is 27.7. The van der Waals surface area contributed by atoms with Crippen LogP contribution in [0.4, 0.5) is 8.78 Å². The fourth-order valence-electron chi connectivity index (χ4n) is 2.72. The molecule has 0 saturated carbocycles. The second-order valence-corrected chi connectivity index (χ2v) is 5.83. The van der Waals surface area contributed by atoms with Gasteiger partial charge in [-0.3, -0.25) is 0 Å². The molecule has 1 nitrogen and oxygen atoms in total. The van der Waals surface area contributed by atoms with Gasteiger partial charge in [-0.25, -0.2) is 8.78 Å². The minimum Gasteiger partial charge on any atom is -0.316 e. The van der Waals surface area contributed by atoms with Gasteiger partial charge in [-0.15, -0.1) is 0 Å². The molecule has 0 saturated heterocycles. The van der Waals surface area contributed by atoms with Crippen LogP contribution in [0, 0.1) is 11.6 Å². The molecule has 0 aliphatic rings. The van der Waals surface area contributed by atoms with Crippen LogP contribution in [-0.4, -0.2) is 13.1 Å². The van der Waals surface area contributed by atoms with Crippen LogP contribution in [0.25, 0.3) is 0 Å². The van der Waals surface area contributed by atoms with Gasteiger partial charge in [0.05, 0.1) is 0 Å². The molecule has 2 aromatic rings. The molecule has 3 heteroatoms. The van der Waals surface area contributed by atoms with Crippen LogP contribution < -0.4 is 5.32 Å². The minimum absolute atomic E-state index is 0.0775. The number of hydrogen-bond donors (Lipinski definition) is 1. The van der Waals surface area contributed by atoms with Crippen LogP contribution in [0.3, 0.4) is 0 Å².